The molecule has 3 aromatic rings. The van der Waals surface area contributed by atoms with Crippen LogP contribution in [0.1, 0.15) is 12.1 Å². The molecule has 3 N–H and O–H groups in total. The van der Waals surface area contributed by atoms with Gasteiger partial charge in [-0.2, -0.15) is 0 Å². The molecule has 0 aliphatic carbocycles. The van der Waals surface area contributed by atoms with Crippen molar-refractivity contribution in [3.05, 3.63) is 65.9 Å². The molecular formula is C21H23F2N5. The molecule has 0 bridgehead atoms. The lowest BCUT2D eigenvalue weighted by Crippen LogP contribution is -2.44. The second-order valence-corrected chi connectivity index (χ2v) is 6.98. The number of H-pyrrole nitrogens is 1. The monoisotopic (exact) mass is 383 g/mol. The lowest BCUT2D eigenvalue weighted by atomic mass is 10.2. The summed E-state index contributed by atoms with van der Waals surface area (Å²) in [6, 6.07) is 14.1. The summed E-state index contributed by atoms with van der Waals surface area (Å²) in [6.45, 7) is 1.96. The molecule has 1 saturated heterocycles. The number of rotatable bonds is 4. The molecule has 28 heavy (non-hydrogen) atoms. The highest BCUT2D eigenvalue weighted by Gasteiger charge is 2.25. The topological polar surface area (TPSA) is 55.5 Å². The minimum absolute atomic E-state index is 0.137. The van der Waals surface area contributed by atoms with Gasteiger partial charge in [-0.1, -0.05) is 18.2 Å². The van der Waals surface area contributed by atoms with Gasteiger partial charge in [-0.3, -0.25) is 4.99 Å². The highest BCUT2D eigenvalue weighted by molar-refractivity contribution is 5.82. The van der Waals surface area contributed by atoms with Crippen LogP contribution in [0.3, 0.4) is 0 Å². The number of hydrogen-bond acceptors (Lipinski definition) is 2. The number of hydrogen-bond donors (Lipinski definition) is 3. The van der Waals surface area contributed by atoms with E-state index in [1.165, 1.54) is 17.5 Å². The van der Waals surface area contributed by atoms with Crippen molar-refractivity contribution in [3.8, 4) is 0 Å². The molecule has 2 aromatic carbocycles. The molecule has 0 saturated carbocycles. The van der Waals surface area contributed by atoms with Crippen LogP contribution in [-0.2, 0) is 6.54 Å². The van der Waals surface area contributed by atoms with Crippen LogP contribution in [-0.4, -0.2) is 37.1 Å². The summed E-state index contributed by atoms with van der Waals surface area (Å²) in [6.07, 6.45) is 0.851. The molecule has 7 heteroatoms. The van der Waals surface area contributed by atoms with E-state index >= 15 is 0 Å². The van der Waals surface area contributed by atoms with E-state index in [9.17, 15) is 8.78 Å². The first-order chi connectivity index (χ1) is 13.6. The van der Waals surface area contributed by atoms with Gasteiger partial charge in [0.15, 0.2) is 5.96 Å². The van der Waals surface area contributed by atoms with Crippen LogP contribution in [0.15, 0.2) is 53.5 Å². The fraction of sp³-hybridized carbons (Fsp3) is 0.286. The predicted molar refractivity (Wildman–Crippen MR) is 109 cm³/mol. The first-order valence-corrected chi connectivity index (χ1v) is 9.36. The number of nitrogens with one attached hydrogen (secondary N) is 3. The summed E-state index contributed by atoms with van der Waals surface area (Å²) >= 11 is 0. The molecular weight excluding hydrogens is 360 g/mol. The molecule has 1 aliphatic heterocycles. The summed E-state index contributed by atoms with van der Waals surface area (Å²) in [5.41, 5.74) is 2.62. The Labute approximate surface area is 162 Å². The molecule has 4 rings (SSSR count). The molecule has 1 unspecified atom stereocenters. The summed E-state index contributed by atoms with van der Waals surface area (Å²) in [7, 11) is 1.73. The predicted octanol–water partition coefficient (Wildman–Crippen LogP) is 3.39. The number of aliphatic imine (C=N–C) groups is 1. The molecule has 1 aliphatic rings. The second-order valence-electron chi connectivity index (χ2n) is 6.98. The largest absolute Gasteiger partial charge is 0.367 e. The summed E-state index contributed by atoms with van der Waals surface area (Å²) < 4.78 is 27.1. The van der Waals surface area contributed by atoms with Gasteiger partial charge in [0.05, 0.1) is 12.2 Å². The number of aromatic nitrogens is 1. The number of guanidine groups is 1. The molecule has 1 aromatic heterocycles. The molecule has 1 fully saturated rings. The number of halogens is 2. The Morgan fingerprint density at radius 2 is 2.07 bits per heavy atom. The smallest absolute Gasteiger partial charge is 0.191 e. The number of fused-ring (bicyclic) bond motifs is 1. The minimum atomic E-state index is -0.559. The third-order valence-corrected chi connectivity index (χ3v) is 5.04. The Hall–Kier alpha value is -3.09. The molecule has 0 amide bonds. The highest BCUT2D eigenvalue weighted by Crippen LogP contribution is 2.24. The van der Waals surface area contributed by atoms with E-state index in [2.05, 4.69) is 32.7 Å². The van der Waals surface area contributed by atoms with Crippen LogP contribution < -0.4 is 15.5 Å². The molecule has 5 nitrogen and oxygen atoms in total. The Bertz CT molecular complexity index is 964. The van der Waals surface area contributed by atoms with E-state index in [0.717, 1.165) is 23.7 Å². The van der Waals surface area contributed by atoms with E-state index in [4.69, 9.17) is 0 Å². The highest BCUT2D eigenvalue weighted by atomic mass is 19.1. The van der Waals surface area contributed by atoms with Gasteiger partial charge in [0.1, 0.15) is 11.6 Å². The zero-order valence-electron chi connectivity index (χ0n) is 15.7. The van der Waals surface area contributed by atoms with Crippen molar-refractivity contribution in [2.24, 2.45) is 4.99 Å². The van der Waals surface area contributed by atoms with Crippen molar-refractivity contribution < 1.29 is 8.78 Å². The van der Waals surface area contributed by atoms with E-state index in [-0.39, 0.29) is 6.04 Å². The van der Waals surface area contributed by atoms with Crippen molar-refractivity contribution in [3.63, 3.8) is 0 Å². The third-order valence-electron chi connectivity index (χ3n) is 5.04. The first-order valence-electron chi connectivity index (χ1n) is 9.36. The number of aromatic amines is 1. The number of anilines is 1. The SMILES string of the molecule is CN=C(NCc1cc2ccccc2[nH]1)NC1CCN(c2ccc(F)cc2F)C1. The molecule has 1 atom stereocenters. The Morgan fingerprint density at radius 1 is 1.21 bits per heavy atom. The Morgan fingerprint density at radius 3 is 2.86 bits per heavy atom. The molecule has 0 spiro atoms. The van der Waals surface area contributed by atoms with Crippen LogP contribution >= 0.6 is 0 Å². The molecule has 146 valence electrons. The van der Waals surface area contributed by atoms with Gasteiger partial charge in [0.2, 0.25) is 0 Å². The number of benzene rings is 2. The van der Waals surface area contributed by atoms with Crippen LogP contribution in [0.4, 0.5) is 14.5 Å². The minimum Gasteiger partial charge on any atom is -0.367 e. The van der Waals surface area contributed by atoms with Crippen molar-refractivity contribution in [2.75, 3.05) is 25.0 Å². The van der Waals surface area contributed by atoms with Gasteiger partial charge in [0.25, 0.3) is 0 Å². The normalized spacial score (nSPS) is 17.3. The summed E-state index contributed by atoms with van der Waals surface area (Å²) in [5.74, 6) is -0.385. The Balaban J connectivity index is 1.34. The standard InChI is InChI=1S/C21H23F2N5/c1-24-21(25-12-17-10-14-4-2-3-5-19(14)26-17)27-16-8-9-28(13-16)20-7-6-15(22)11-18(20)23/h2-7,10-11,16,26H,8-9,12-13H2,1H3,(H2,24,25,27). The van der Waals surface area contributed by atoms with Crippen LogP contribution in [0.25, 0.3) is 10.9 Å². The molecule has 2 heterocycles. The van der Waals surface area contributed by atoms with Gasteiger partial charge in [0, 0.05) is 43.5 Å². The summed E-state index contributed by atoms with van der Waals surface area (Å²) in [4.78, 5) is 9.60. The van der Waals surface area contributed by atoms with Crippen LogP contribution in [0.5, 0.6) is 0 Å². The van der Waals surface area contributed by atoms with E-state index in [1.54, 1.807) is 7.05 Å². The van der Waals surface area contributed by atoms with Gasteiger partial charge in [-0.05, 0) is 36.1 Å². The van der Waals surface area contributed by atoms with Gasteiger partial charge < -0.3 is 20.5 Å². The van der Waals surface area contributed by atoms with Gasteiger partial charge in [-0.25, -0.2) is 8.78 Å². The first kappa shape index (κ1) is 18.3. The van der Waals surface area contributed by atoms with Gasteiger partial charge in [-0.15, -0.1) is 0 Å². The van der Waals surface area contributed by atoms with E-state index in [0.29, 0.717) is 31.3 Å². The fourth-order valence-corrected chi connectivity index (χ4v) is 3.63. The molecule has 0 radical (unpaired) electrons. The maximum atomic E-state index is 14.0. The maximum Gasteiger partial charge on any atom is 0.191 e. The second kappa shape index (κ2) is 7.88. The van der Waals surface area contributed by atoms with Crippen molar-refractivity contribution >= 4 is 22.5 Å². The fourth-order valence-electron chi connectivity index (χ4n) is 3.63. The number of para-hydroxylation sites is 1. The quantitative estimate of drug-likeness (QED) is 0.478. The average Bonchev–Trinajstić information content (AvgIpc) is 3.31. The van der Waals surface area contributed by atoms with E-state index in [1.807, 2.05) is 23.1 Å². The van der Waals surface area contributed by atoms with E-state index < -0.39 is 11.6 Å². The van der Waals surface area contributed by atoms with Crippen molar-refractivity contribution in [2.45, 2.75) is 19.0 Å². The zero-order valence-corrected chi connectivity index (χ0v) is 15.7. The summed E-state index contributed by atoms with van der Waals surface area (Å²) in [5, 5.41) is 7.88. The van der Waals surface area contributed by atoms with Crippen LogP contribution in [0.2, 0.25) is 0 Å². The van der Waals surface area contributed by atoms with Gasteiger partial charge >= 0.3 is 0 Å². The third kappa shape index (κ3) is 3.93. The average molecular weight is 383 g/mol. The van der Waals surface area contributed by atoms with Crippen molar-refractivity contribution in [1.29, 1.82) is 0 Å². The van der Waals surface area contributed by atoms with Crippen molar-refractivity contribution in [1.82, 2.24) is 15.6 Å². The Kier molecular flexibility index (Phi) is 5.14. The lowest BCUT2D eigenvalue weighted by molar-refractivity contribution is 0.580. The number of nitrogens with zero attached hydrogens (tertiary/aromatic N) is 2. The maximum absolute atomic E-state index is 14.0. The lowest BCUT2D eigenvalue weighted by Gasteiger charge is -2.20. The zero-order chi connectivity index (χ0) is 19.5. The van der Waals surface area contributed by atoms with Crippen LogP contribution in [0, 0.1) is 11.6 Å².